The predicted molar refractivity (Wildman–Crippen MR) is 77.0 cm³/mol. The number of hydrogen-bond donors (Lipinski definition) is 1. The molecule has 2 aromatic rings. The quantitative estimate of drug-likeness (QED) is 0.815. The van der Waals surface area contributed by atoms with Crippen molar-refractivity contribution in [1.29, 1.82) is 0 Å². The number of aryl methyl sites for hydroxylation is 1. The Morgan fingerprint density at radius 1 is 1.06 bits per heavy atom. The second kappa shape index (κ2) is 4.77. The van der Waals surface area contributed by atoms with Crippen LogP contribution in [0.2, 0.25) is 0 Å². The molecule has 1 unspecified atom stereocenters. The molecule has 0 aromatic heterocycles. The zero-order valence-electron chi connectivity index (χ0n) is 10.1. The lowest BCUT2D eigenvalue weighted by Gasteiger charge is -2.26. The Kier molecular flexibility index (Phi) is 3.13. The van der Waals surface area contributed by atoms with Gasteiger partial charge in [-0.15, -0.1) is 0 Å². The first-order chi connectivity index (χ1) is 8.74. The molecule has 2 aromatic carbocycles. The van der Waals surface area contributed by atoms with E-state index in [4.69, 9.17) is 0 Å². The van der Waals surface area contributed by atoms with Gasteiger partial charge in [0.1, 0.15) is 5.75 Å². The van der Waals surface area contributed by atoms with Crippen molar-refractivity contribution in [3.63, 3.8) is 0 Å². The van der Waals surface area contributed by atoms with E-state index in [1.165, 1.54) is 36.0 Å². The Labute approximate surface area is 116 Å². The van der Waals surface area contributed by atoms with E-state index in [9.17, 15) is 5.11 Å². The highest BCUT2D eigenvalue weighted by atomic mass is 79.9. The summed E-state index contributed by atoms with van der Waals surface area (Å²) < 4.78 is 1.16. The van der Waals surface area contributed by atoms with Gasteiger partial charge in [-0.3, -0.25) is 0 Å². The summed E-state index contributed by atoms with van der Waals surface area (Å²) in [7, 11) is 0. The van der Waals surface area contributed by atoms with Crippen molar-refractivity contribution in [3.8, 4) is 5.75 Å². The van der Waals surface area contributed by atoms with Gasteiger partial charge in [-0.1, -0.05) is 34.1 Å². The van der Waals surface area contributed by atoms with Crippen molar-refractivity contribution in [2.75, 3.05) is 0 Å². The summed E-state index contributed by atoms with van der Waals surface area (Å²) in [5.74, 6) is 0.813. The molecule has 1 nitrogen and oxygen atoms in total. The summed E-state index contributed by atoms with van der Waals surface area (Å²) in [5, 5.41) is 9.38. The Balaban J connectivity index is 2.03. The van der Waals surface area contributed by atoms with Crippen LogP contribution in [0.15, 0.2) is 46.9 Å². The number of phenolic OH excluding ortho intramolecular Hbond substituents is 1. The van der Waals surface area contributed by atoms with Crippen LogP contribution in [0.1, 0.15) is 35.4 Å². The van der Waals surface area contributed by atoms with Gasteiger partial charge in [0.2, 0.25) is 0 Å². The molecule has 2 heteroatoms. The molecule has 0 heterocycles. The van der Waals surface area contributed by atoms with Gasteiger partial charge >= 0.3 is 0 Å². The summed E-state index contributed by atoms with van der Waals surface area (Å²) in [4.78, 5) is 0. The van der Waals surface area contributed by atoms with Gasteiger partial charge in [0.25, 0.3) is 0 Å². The molecule has 92 valence electrons. The minimum Gasteiger partial charge on any atom is -0.508 e. The Morgan fingerprint density at radius 3 is 2.61 bits per heavy atom. The first-order valence-corrected chi connectivity index (χ1v) is 7.10. The van der Waals surface area contributed by atoms with Crippen molar-refractivity contribution < 1.29 is 5.11 Å². The molecule has 1 N–H and O–H groups in total. The summed E-state index contributed by atoms with van der Waals surface area (Å²) in [5.41, 5.74) is 4.19. The molecule has 0 saturated carbocycles. The third kappa shape index (κ3) is 2.17. The fourth-order valence-electron chi connectivity index (χ4n) is 2.84. The lowest BCUT2D eigenvalue weighted by Crippen LogP contribution is -2.10. The van der Waals surface area contributed by atoms with Gasteiger partial charge in [-0.05, 0) is 60.2 Å². The third-order valence-corrected chi connectivity index (χ3v) is 4.21. The molecule has 0 radical (unpaired) electrons. The summed E-state index contributed by atoms with van der Waals surface area (Å²) in [6.07, 6.45) is 3.60. The van der Waals surface area contributed by atoms with E-state index in [0.29, 0.717) is 11.7 Å². The van der Waals surface area contributed by atoms with Gasteiger partial charge in [-0.25, -0.2) is 0 Å². The second-order valence-electron chi connectivity index (χ2n) is 4.88. The summed E-state index contributed by atoms with van der Waals surface area (Å²) in [6, 6.07) is 14.2. The molecule has 0 aliphatic heterocycles. The van der Waals surface area contributed by atoms with E-state index < -0.39 is 0 Å². The summed E-state index contributed by atoms with van der Waals surface area (Å²) in [6.45, 7) is 0. The van der Waals surface area contributed by atoms with Crippen LogP contribution in [0.3, 0.4) is 0 Å². The smallest absolute Gasteiger partial charge is 0.115 e. The van der Waals surface area contributed by atoms with Crippen molar-refractivity contribution in [3.05, 3.63) is 63.6 Å². The highest BCUT2D eigenvalue weighted by Crippen LogP contribution is 2.38. The minimum absolute atomic E-state index is 0.339. The number of phenols is 1. The SMILES string of the molecule is Oc1ccc(C2CCCc3cc(Br)ccc32)cc1. The minimum atomic E-state index is 0.339. The molecule has 1 aliphatic carbocycles. The van der Waals surface area contributed by atoms with Crippen molar-refractivity contribution in [2.45, 2.75) is 25.2 Å². The lowest BCUT2D eigenvalue weighted by atomic mass is 9.79. The molecule has 3 rings (SSSR count). The maximum atomic E-state index is 9.38. The Hall–Kier alpha value is -1.28. The number of aromatic hydroxyl groups is 1. The van der Waals surface area contributed by atoms with E-state index in [0.717, 1.165) is 4.47 Å². The maximum Gasteiger partial charge on any atom is 0.115 e. The van der Waals surface area contributed by atoms with Crippen molar-refractivity contribution >= 4 is 15.9 Å². The predicted octanol–water partition coefficient (Wildman–Crippen LogP) is 4.62. The Bertz CT molecular complexity index is 560. The van der Waals surface area contributed by atoms with Crippen LogP contribution in [-0.2, 0) is 6.42 Å². The van der Waals surface area contributed by atoms with Crippen LogP contribution in [-0.4, -0.2) is 5.11 Å². The largest absolute Gasteiger partial charge is 0.508 e. The molecule has 0 spiro atoms. The molecule has 0 fully saturated rings. The van der Waals surface area contributed by atoms with Crippen LogP contribution >= 0.6 is 15.9 Å². The monoisotopic (exact) mass is 302 g/mol. The first kappa shape index (κ1) is 11.8. The van der Waals surface area contributed by atoms with Gasteiger partial charge in [0.15, 0.2) is 0 Å². The maximum absolute atomic E-state index is 9.38. The van der Waals surface area contributed by atoms with Crippen LogP contribution in [0.25, 0.3) is 0 Å². The molecule has 0 saturated heterocycles. The van der Waals surface area contributed by atoms with Crippen LogP contribution in [0.5, 0.6) is 5.75 Å². The van der Waals surface area contributed by atoms with E-state index in [-0.39, 0.29) is 0 Å². The summed E-state index contributed by atoms with van der Waals surface area (Å²) >= 11 is 3.54. The fourth-order valence-corrected chi connectivity index (χ4v) is 3.24. The third-order valence-electron chi connectivity index (χ3n) is 3.71. The number of benzene rings is 2. The highest BCUT2D eigenvalue weighted by Gasteiger charge is 2.21. The van der Waals surface area contributed by atoms with E-state index in [1.54, 1.807) is 12.1 Å². The van der Waals surface area contributed by atoms with E-state index in [1.807, 2.05) is 12.1 Å². The van der Waals surface area contributed by atoms with Crippen LogP contribution < -0.4 is 0 Å². The zero-order chi connectivity index (χ0) is 12.5. The topological polar surface area (TPSA) is 20.2 Å². The molecule has 0 amide bonds. The zero-order valence-corrected chi connectivity index (χ0v) is 11.7. The molecular formula is C16H15BrO. The molecular weight excluding hydrogens is 288 g/mol. The standard InChI is InChI=1S/C16H15BrO/c17-13-6-9-16-12(10-13)2-1-3-15(16)11-4-7-14(18)8-5-11/h4-10,15,18H,1-3H2. The van der Waals surface area contributed by atoms with E-state index in [2.05, 4.69) is 34.1 Å². The number of fused-ring (bicyclic) bond motifs is 1. The van der Waals surface area contributed by atoms with E-state index >= 15 is 0 Å². The normalized spacial score (nSPS) is 18.4. The lowest BCUT2D eigenvalue weighted by molar-refractivity contribution is 0.474. The number of rotatable bonds is 1. The van der Waals surface area contributed by atoms with Gasteiger partial charge in [0.05, 0.1) is 0 Å². The fraction of sp³-hybridized carbons (Fsp3) is 0.250. The second-order valence-corrected chi connectivity index (χ2v) is 5.80. The molecule has 1 aliphatic rings. The number of hydrogen-bond acceptors (Lipinski definition) is 1. The first-order valence-electron chi connectivity index (χ1n) is 6.31. The van der Waals surface area contributed by atoms with Gasteiger partial charge in [-0.2, -0.15) is 0 Å². The van der Waals surface area contributed by atoms with Gasteiger partial charge < -0.3 is 5.11 Å². The van der Waals surface area contributed by atoms with Crippen LogP contribution in [0.4, 0.5) is 0 Å². The van der Waals surface area contributed by atoms with Crippen LogP contribution in [0, 0.1) is 0 Å². The highest BCUT2D eigenvalue weighted by molar-refractivity contribution is 9.10. The van der Waals surface area contributed by atoms with Crippen molar-refractivity contribution in [1.82, 2.24) is 0 Å². The molecule has 0 bridgehead atoms. The van der Waals surface area contributed by atoms with Crippen molar-refractivity contribution in [2.24, 2.45) is 0 Å². The average molecular weight is 303 g/mol. The average Bonchev–Trinajstić information content (AvgIpc) is 2.38. The number of halogens is 1. The molecule has 18 heavy (non-hydrogen) atoms. The molecule has 1 atom stereocenters. The van der Waals surface area contributed by atoms with Gasteiger partial charge in [0, 0.05) is 10.4 Å². The Morgan fingerprint density at radius 2 is 1.83 bits per heavy atom.